The Bertz CT molecular complexity index is 681. The van der Waals surface area contributed by atoms with Crippen molar-refractivity contribution >= 4 is 17.1 Å². The lowest BCUT2D eigenvalue weighted by atomic mass is 10.1. The Balaban J connectivity index is 1.87. The van der Waals surface area contributed by atoms with Gasteiger partial charge in [-0.3, -0.25) is 4.98 Å². The average molecular weight is 423 g/mol. The second-order valence-electron chi connectivity index (χ2n) is 8.44. The summed E-state index contributed by atoms with van der Waals surface area (Å²) in [5.41, 5.74) is 3.02. The van der Waals surface area contributed by atoms with E-state index in [1.807, 2.05) is 12.1 Å². The summed E-state index contributed by atoms with van der Waals surface area (Å²) in [5, 5.41) is 8.66. The van der Waals surface area contributed by atoms with E-state index in [0.29, 0.717) is 0 Å². The third-order valence-electron chi connectivity index (χ3n) is 5.72. The SMILES string of the molecule is CCCCCCCCN(CCCCCCCC)c1ccc(N=Nc2ccncc2)cc1. The summed E-state index contributed by atoms with van der Waals surface area (Å²) in [6.45, 7) is 6.86. The number of aromatic nitrogens is 1. The van der Waals surface area contributed by atoms with Crippen LogP contribution in [0, 0.1) is 0 Å². The van der Waals surface area contributed by atoms with Gasteiger partial charge in [0.1, 0.15) is 0 Å². The van der Waals surface area contributed by atoms with Crippen LogP contribution in [0.2, 0.25) is 0 Å². The number of anilines is 1. The van der Waals surface area contributed by atoms with Crippen LogP contribution >= 0.6 is 0 Å². The normalized spacial score (nSPS) is 11.3. The van der Waals surface area contributed by atoms with E-state index in [2.05, 4.69) is 58.2 Å². The molecule has 170 valence electrons. The van der Waals surface area contributed by atoms with E-state index in [1.165, 1.54) is 82.7 Å². The number of nitrogens with zero attached hydrogens (tertiary/aromatic N) is 4. The van der Waals surface area contributed by atoms with Crippen molar-refractivity contribution in [1.29, 1.82) is 0 Å². The van der Waals surface area contributed by atoms with Crippen molar-refractivity contribution in [2.24, 2.45) is 10.2 Å². The molecule has 0 bridgehead atoms. The number of hydrogen-bond acceptors (Lipinski definition) is 4. The number of rotatable bonds is 17. The summed E-state index contributed by atoms with van der Waals surface area (Å²) in [6.07, 6.45) is 19.6. The zero-order valence-electron chi connectivity index (χ0n) is 19.8. The molecule has 0 aliphatic rings. The first-order valence-electron chi connectivity index (χ1n) is 12.5. The van der Waals surface area contributed by atoms with Gasteiger partial charge in [0.05, 0.1) is 11.4 Å². The molecule has 2 rings (SSSR count). The van der Waals surface area contributed by atoms with E-state index in [9.17, 15) is 0 Å². The zero-order chi connectivity index (χ0) is 22.0. The minimum atomic E-state index is 0.826. The van der Waals surface area contributed by atoms with Gasteiger partial charge in [0, 0.05) is 31.2 Å². The van der Waals surface area contributed by atoms with Gasteiger partial charge >= 0.3 is 0 Å². The highest BCUT2D eigenvalue weighted by atomic mass is 15.1. The van der Waals surface area contributed by atoms with Crippen molar-refractivity contribution in [3.63, 3.8) is 0 Å². The Morgan fingerprint density at radius 3 is 1.55 bits per heavy atom. The fourth-order valence-corrected chi connectivity index (χ4v) is 3.79. The van der Waals surface area contributed by atoms with Gasteiger partial charge in [-0.25, -0.2) is 0 Å². The molecule has 1 aromatic heterocycles. The molecule has 31 heavy (non-hydrogen) atoms. The summed E-state index contributed by atoms with van der Waals surface area (Å²) >= 11 is 0. The molecule has 1 aromatic carbocycles. The van der Waals surface area contributed by atoms with Gasteiger partial charge in [0.2, 0.25) is 0 Å². The van der Waals surface area contributed by atoms with Gasteiger partial charge in [0.15, 0.2) is 0 Å². The first kappa shape index (κ1) is 25.0. The molecule has 0 aliphatic heterocycles. The monoisotopic (exact) mass is 422 g/mol. The molecule has 4 heteroatoms. The third kappa shape index (κ3) is 11.1. The van der Waals surface area contributed by atoms with Gasteiger partial charge < -0.3 is 4.90 Å². The van der Waals surface area contributed by atoms with Crippen LogP contribution in [0.5, 0.6) is 0 Å². The minimum absolute atomic E-state index is 0.826. The molecule has 0 N–H and O–H groups in total. The fourth-order valence-electron chi connectivity index (χ4n) is 3.79. The van der Waals surface area contributed by atoms with Crippen LogP contribution in [0.25, 0.3) is 0 Å². The van der Waals surface area contributed by atoms with E-state index in [4.69, 9.17) is 0 Å². The lowest BCUT2D eigenvalue weighted by molar-refractivity contribution is 0.575. The molecule has 0 amide bonds. The van der Waals surface area contributed by atoms with Gasteiger partial charge in [-0.05, 0) is 49.2 Å². The van der Waals surface area contributed by atoms with E-state index < -0.39 is 0 Å². The highest BCUT2D eigenvalue weighted by molar-refractivity contribution is 5.52. The molecule has 0 unspecified atom stereocenters. The second-order valence-corrected chi connectivity index (χ2v) is 8.44. The van der Waals surface area contributed by atoms with Crippen molar-refractivity contribution in [2.75, 3.05) is 18.0 Å². The molecule has 0 atom stereocenters. The lowest BCUT2D eigenvalue weighted by Crippen LogP contribution is -2.25. The van der Waals surface area contributed by atoms with Crippen molar-refractivity contribution in [3.05, 3.63) is 48.8 Å². The highest BCUT2D eigenvalue weighted by Gasteiger charge is 2.07. The Hall–Kier alpha value is -2.23. The quantitative estimate of drug-likeness (QED) is 0.188. The Kier molecular flexibility index (Phi) is 13.3. The molecule has 0 saturated carbocycles. The van der Waals surface area contributed by atoms with E-state index in [0.717, 1.165) is 24.5 Å². The highest BCUT2D eigenvalue weighted by Crippen LogP contribution is 2.23. The van der Waals surface area contributed by atoms with Crippen molar-refractivity contribution in [2.45, 2.75) is 90.9 Å². The molecule has 0 spiro atoms. The van der Waals surface area contributed by atoms with E-state index >= 15 is 0 Å². The number of hydrogen-bond donors (Lipinski definition) is 0. The second kappa shape index (κ2) is 16.5. The molecular formula is C27H42N4. The number of pyridine rings is 1. The van der Waals surface area contributed by atoms with Gasteiger partial charge in [0.25, 0.3) is 0 Å². The number of benzene rings is 1. The summed E-state index contributed by atoms with van der Waals surface area (Å²) < 4.78 is 0. The van der Waals surface area contributed by atoms with Crippen LogP contribution < -0.4 is 4.90 Å². The Morgan fingerprint density at radius 2 is 1.03 bits per heavy atom. The molecular weight excluding hydrogens is 380 g/mol. The van der Waals surface area contributed by atoms with Crippen molar-refractivity contribution in [1.82, 2.24) is 4.98 Å². The predicted molar refractivity (Wildman–Crippen MR) is 134 cm³/mol. The molecule has 0 aliphatic carbocycles. The third-order valence-corrected chi connectivity index (χ3v) is 5.72. The predicted octanol–water partition coefficient (Wildman–Crippen LogP) is 9.02. The van der Waals surface area contributed by atoms with Crippen molar-refractivity contribution < 1.29 is 0 Å². The van der Waals surface area contributed by atoms with Crippen LogP contribution in [0.15, 0.2) is 59.0 Å². The van der Waals surface area contributed by atoms with Crippen LogP contribution in [0.3, 0.4) is 0 Å². The Morgan fingerprint density at radius 1 is 0.581 bits per heavy atom. The molecule has 1 heterocycles. The minimum Gasteiger partial charge on any atom is -0.372 e. The zero-order valence-corrected chi connectivity index (χ0v) is 19.8. The summed E-state index contributed by atoms with van der Waals surface area (Å²) in [6, 6.07) is 12.3. The Labute approximate surface area is 190 Å². The maximum Gasteiger partial charge on any atom is 0.0887 e. The standard InChI is InChI=1S/C27H42N4/c1-3-5-7-9-11-13-23-31(24-14-12-10-8-6-4-2)27-17-15-25(16-18-27)29-30-26-19-21-28-22-20-26/h15-22H,3-14,23-24H2,1-2H3. The average Bonchev–Trinajstić information content (AvgIpc) is 2.82. The van der Waals surface area contributed by atoms with Gasteiger partial charge in [-0.1, -0.05) is 78.1 Å². The van der Waals surface area contributed by atoms with Gasteiger partial charge in [-0.2, -0.15) is 10.2 Å². The summed E-state index contributed by atoms with van der Waals surface area (Å²) in [5.74, 6) is 0. The summed E-state index contributed by atoms with van der Waals surface area (Å²) in [4.78, 5) is 6.59. The topological polar surface area (TPSA) is 40.9 Å². The fraction of sp³-hybridized carbons (Fsp3) is 0.593. The molecule has 0 fully saturated rings. The molecule has 0 radical (unpaired) electrons. The number of unbranched alkanes of at least 4 members (excludes halogenated alkanes) is 10. The first-order chi connectivity index (χ1) is 15.3. The van der Waals surface area contributed by atoms with E-state index in [1.54, 1.807) is 12.4 Å². The van der Waals surface area contributed by atoms with Crippen molar-refractivity contribution in [3.8, 4) is 0 Å². The maximum absolute atomic E-state index is 4.36. The van der Waals surface area contributed by atoms with Crippen LogP contribution in [0.1, 0.15) is 90.9 Å². The first-order valence-corrected chi connectivity index (χ1v) is 12.5. The van der Waals surface area contributed by atoms with E-state index in [-0.39, 0.29) is 0 Å². The lowest BCUT2D eigenvalue weighted by Gasteiger charge is -2.25. The van der Waals surface area contributed by atoms with Crippen LogP contribution in [0.4, 0.5) is 17.1 Å². The molecule has 4 nitrogen and oxygen atoms in total. The smallest absolute Gasteiger partial charge is 0.0887 e. The molecule has 2 aromatic rings. The summed E-state index contributed by atoms with van der Waals surface area (Å²) in [7, 11) is 0. The number of azo groups is 1. The molecule has 0 saturated heterocycles. The van der Waals surface area contributed by atoms with Crippen LogP contribution in [-0.2, 0) is 0 Å². The van der Waals surface area contributed by atoms with Gasteiger partial charge in [-0.15, -0.1) is 0 Å². The van der Waals surface area contributed by atoms with Crippen LogP contribution in [-0.4, -0.2) is 18.1 Å². The maximum atomic E-state index is 4.36. The largest absolute Gasteiger partial charge is 0.372 e.